The van der Waals surface area contributed by atoms with Crippen LogP contribution in [0.5, 0.6) is 0 Å². The molecular formula is C27H38F2N4O3. The Morgan fingerprint density at radius 3 is 2.56 bits per heavy atom. The molecule has 1 saturated heterocycles. The quantitative estimate of drug-likeness (QED) is 0.450. The molecule has 3 rings (SSSR count). The van der Waals surface area contributed by atoms with Crippen LogP contribution in [0.25, 0.3) is 11.0 Å². The van der Waals surface area contributed by atoms with E-state index >= 15 is 0 Å². The molecule has 9 heteroatoms. The van der Waals surface area contributed by atoms with Crippen molar-refractivity contribution in [1.29, 1.82) is 0 Å². The second-order valence-electron chi connectivity index (χ2n) is 10.4. The Balaban J connectivity index is 1.73. The van der Waals surface area contributed by atoms with Crippen molar-refractivity contribution in [3.63, 3.8) is 0 Å². The summed E-state index contributed by atoms with van der Waals surface area (Å²) in [6.45, 7) is 8.54. The third kappa shape index (κ3) is 7.11. The van der Waals surface area contributed by atoms with E-state index in [-0.39, 0.29) is 48.4 Å². The first kappa shape index (κ1) is 27.7. The van der Waals surface area contributed by atoms with Crippen LogP contribution in [-0.2, 0) is 14.4 Å². The van der Waals surface area contributed by atoms with Crippen molar-refractivity contribution in [2.24, 2.45) is 5.92 Å². The van der Waals surface area contributed by atoms with Crippen molar-refractivity contribution in [2.75, 3.05) is 6.54 Å². The van der Waals surface area contributed by atoms with Crippen LogP contribution in [0.15, 0.2) is 12.1 Å². The van der Waals surface area contributed by atoms with Gasteiger partial charge in [-0.2, -0.15) is 0 Å². The van der Waals surface area contributed by atoms with E-state index in [1.165, 1.54) is 0 Å². The highest BCUT2D eigenvalue weighted by molar-refractivity contribution is 5.93. The third-order valence-corrected chi connectivity index (χ3v) is 6.99. The number of Topliss-reactive ketones (excluding diaryl/α,β-unsaturated/α-hetero) is 1. The van der Waals surface area contributed by atoms with Crippen LogP contribution in [0.3, 0.4) is 0 Å². The van der Waals surface area contributed by atoms with Gasteiger partial charge in [0.05, 0.1) is 23.5 Å². The standard InChI is InChI=1S/C27H38F2N4O3/c1-5-18-8-6-7-11-33(18)26(36)15-23(30-25(35)10-9-16(2)3)24(34)12-17(4)27-31-21-13-19(28)20(29)14-22(21)32-27/h13-14,16-18,23H,5-12,15H2,1-4H3,(H,30,35)(H,31,32)/t17-,18+,23+/m1/s1. The van der Waals surface area contributed by atoms with Crippen LogP contribution in [-0.4, -0.2) is 51.1 Å². The maximum atomic E-state index is 13.6. The van der Waals surface area contributed by atoms with E-state index in [2.05, 4.69) is 22.2 Å². The van der Waals surface area contributed by atoms with E-state index in [0.717, 1.165) is 37.8 Å². The lowest BCUT2D eigenvalue weighted by Gasteiger charge is -2.36. The zero-order chi connectivity index (χ0) is 26.4. The molecule has 3 atom stereocenters. The highest BCUT2D eigenvalue weighted by Crippen LogP contribution is 2.24. The van der Waals surface area contributed by atoms with Crippen molar-refractivity contribution in [1.82, 2.24) is 20.2 Å². The number of rotatable bonds is 11. The van der Waals surface area contributed by atoms with Crippen LogP contribution < -0.4 is 5.32 Å². The maximum absolute atomic E-state index is 13.6. The number of benzene rings is 1. The average Bonchev–Trinajstić information content (AvgIpc) is 3.25. The van der Waals surface area contributed by atoms with Gasteiger partial charge in [0.2, 0.25) is 11.8 Å². The summed E-state index contributed by atoms with van der Waals surface area (Å²) >= 11 is 0. The van der Waals surface area contributed by atoms with Crippen LogP contribution in [0, 0.1) is 17.6 Å². The number of hydrogen-bond donors (Lipinski definition) is 2. The van der Waals surface area contributed by atoms with Crippen molar-refractivity contribution >= 4 is 28.6 Å². The molecule has 2 aromatic rings. The second kappa shape index (κ2) is 12.4. The maximum Gasteiger partial charge on any atom is 0.225 e. The molecule has 2 N–H and O–H groups in total. The van der Waals surface area contributed by atoms with Gasteiger partial charge < -0.3 is 15.2 Å². The molecule has 1 fully saturated rings. The molecule has 0 bridgehead atoms. The summed E-state index contributed by atoms with van der Waals surface area (Å²) < 4.78 is 27.2. The predicted octanol–water partition coefficient (Wildman–Crippen LogP) is 5.01. The number of halogens is 2. The van der Waals surface area contributed by atoms with E-state index in [0.29, 0.717) is 30.2 Å². The van der Waals surface area contributed by atoms with Crippen molar-refractivity contribution in [3.8, 4) is 0 Å². The minimum atomic E-state index is -0.991. The number of amides is 2. The molecule has 36 heavy (non-hydrogen) atoms. The zero-order valence-corrected chi connectivity index (χ0v) is 21.7. The Kier molecular flexibility index (Phi) is 9.56. The number of carbonyl (C=O) groups is 3. The lowest BCUT2D eigenvalue weighted by molar-refractivity contribution is -0.138. The Bertz CT molecular complexity index is 1050. The zero-order valence-electron chi connectivity index (χ0n) is 21.7. The monoisotopic (exact) mass is 504 g/mol. The number of aromatic amines is 1. The van der Waals surface area contributed by atoms with Crippen LogP contribution in [0.2, 0.25) is 0 Å². The Hall–Kier alpha value is -2.84. The van der Waals surface area contributed by atoms with Gasteiger partial charge in [0, 0.05) is 43.5 Å². The van der Waals surface area contributed by atoms with E-state index in [4.69, 9.17) is 0 Å². The number of likely N-dealkylation sites (tertiary alicyclic amines) is 1. The van der Waals surface area contributed by atoms with E-state index in [1.807, 2.05) is 18.7 Å². The molecule has 1 aliphatic heterocycles. The molecule has 0 aliphatic carbocycles. The third-order valence-electron chi connectivity index (χ3n) is 6.99. The Labute approximate surface area is 211 Å². The minimum absolute atomic E-state index is 0.0183. The smallest absolute Gasteiger partial charge is 0.225 e. The number of H-pyrrole nitrogens is 1. The van der Waals surface area contributed by atoms with Crippen LogP contribution in [0.1, 0.15) is 90.8 Å². The fourth-order valence-electron chi connectivity index (χ4n) is 4.78. The van der Waals surface area contributed by atoms with Gasteiger partial charge in [0.15, 0.2) is 17.4 Å². The molecule has 0 saturated carbocycles. The van der Waals surface area contributed by atoms with Crippen LogP contribution >= 0.6 is 0 Å². The predicted molar refractivity (Wildman–Crippen MR) is 134 cm³/mol. The normalized spacial score (nSPS) is 17.9. The summed E-state index contributed by atoms with van der Waals surface area (Å²) in [4.78, 5) is 48.3. The fourth-order valence-corrected chi connectivity index (χ4v) is 4.78. The molecular weight excluding hydrogens is 466 g/mol. The number of imidazole rings is 1. The van der Waals surface area contributed by atoms with Gasteiger partial charge in [0.25, 0.3) is 0 Å². The van der Waals surface area contributed by atoms with Gasteiger partial charge in [-0.15, -0.1) is 0 Å². The van der Waals surface area contributed by atoms with Gasteiger partial charge in [-0.05, 0) is 38.0 Å². The van der Waals surface area contributed by atoms with Gasteiger partial charge in [0.1, 0.15) is 5.82 Å². The molecule has 0 unspecified atom stereocenters. The van der Waals surface area contributed by atoms with Gasteiger partial charge in [-0.25, -0.2) is 13.8 Å². The molecule has 2 amide bonds. The van der Waals surface area contributed by atoms with E-state index in [1.54, 1.807) is 6.92 Å². The summed E-state index contributed by atoms with van der Waals surface area (Å²) in [5, 5.41) is 2.81. The van der Waals surface area contributed by atoms with Gasteiger partial charge >= 0.3 is 0 Å². The van der Waals surface area contributed by atoms with Crippen LogP contribution in [0.4, 0.5) is 8.78 Å². The van der Waals surface area contributed by atoms with E-state index < -0.39 is 23.6 Å². The Morgan fingerprint density at radius 2 is 1.86 bits per heavy atom. The highest BCUT2D eigenvalue weighted by atomic mass is 19.2. The van der Waals surface area contributed by atoms with Crippen molar-refractivity contribution in [2.45, 2.75) is 97.1 Å². The first-order valence-electron chi connectivity index (χ1n) is 13.0. The van der Waals surface area contributed by atoms with Gasteiger partial charge in [-0.1, -0.05) is 27.7 Å². The lowest BCUT2D eigenvalue weighted by atomic mass is 9.95. The SMILES string of the molecule is CC[C@H]1CCCCN1C(=O)C[C@H](NC(=O)CCC(C)C)C(=O)C[C@@H](C)c1nc2cc(F)c(F)cc2[nH]1. The molecule has 1 aromatic carbocycles. The highest BCUT2D eigenvalue weighted by Gasteiger charge is 2.31. The summed E-state index contributed by atoms with van der Waals surface area (Å²) in [7, 11) is 0. The first-order valence-corrected chi connectivity index (χ1v) is 13.0. The number of carbonyl (C=O) groups excluding carboxylic acids is 3. The number of hydrogen-bond acceptors (Lipinski definition) is 4. The molecule has 2 heterocycles. The van der Waals surface area contributed by atoms with E-state index in [9.17, 15) is 23.2 Å². The molecule has 0 radical (unpaired) electrons. The summed E-state index contributed by atoms with van der Waals surface area (Å²) in [6, 6.07) is 1.28. The minimum Gasteiger partial charge on any atom is -0.346 e. The summed E-state index contributed by atoms with van der Waals surface area (Å²) in [5.74, 6) is -2.25. The number of fused-ring (bicyclic) bond motifs is 1. The number of aromatic nitrogens is 2. The largest absolute Gasteiger partial charge is 0.346 e. The fraction of sp³-hybridized carbons (Fsp3) is 0.630. The summed E-state index contributed by atoms with van der Waals surface area (Å²) in [6.07, 6.45) is 4.74. The first-order chi connectivity index (χ1) is 17.1. The molecule has 0 spiro atoms. The Morgan fingerprint density at radius 1 is 1.14 bits per heavy atom. The van der Waals surface area contributed by atoms with Gasteiger partial charge in [-0.3, -0.25) is 14.4 Å². The number of nitrogens with zero attached hydrogens (tertiary/aromatic N) is 2. The molecule has 7 nitrogen and oxygen atoms in total. The van der Waals surface area contributed by atoms with Crippen molar-refractivity contribution in [3.05, 3.63) is 29.6 Å². The molecule has 1 aromatic heterocycles. The topological polar surface area (TPSA) is 95.2 Å². The average molecular weight is 505 g/mol. The number of nitrogens with one attached hydrogen (secondary N) is 2. The number of ketones is 1. The molecule has 1 aliphatic rings. The second-order valence-corrected chi connectivity index (χ2v) is 10.4. The summed E-state index contributed by atoms with van der Waals surface area (Å²) in [5.41, 5.74) is 0.611. The lowest BCUT2D eigenvalue weighted by Crippen LogP contribution is -2.49. The molecule has 198 valence electrons. The van der Waals surface area contributed by atoms with Crippen molar-refractivity contribution < 1.29 is 23.2 Å². The number of piperidine rings is 1.